The molecule has 0 spiro atoms. The summed E-state index contributed by atoms with van der Waals surface area (Å²) in [5.41, 5.74) is 3.00. The zero-order chi connectivity index (χ0) is 21.0. The first-order valence-electron chi connectivity index (χ1n) is 8.82. The van der Waals surface area contributed by atoms with Crippen molar-refractivity contribution in [3.05, 3.63) is 80.7 Å². The molecule has 8 heteroatoms. The highest BCUT2D eigenvalue weighted by Crippen LogP contribution is 2.36. The zero-order valence-corrected chi connectivity index (χ0v) is 16.6. The number of hydrogen-bond donors (Lipinski definition) is 1. The number of anilines is 1. The van der Waals surface area contributed by atoms with Gasteiger partial charge in [0.25, 0.3) is 11.6 Å². The van der Waals surface area contributed by atoms with Crippen LogP contribution in [0.5, 0.6) is 0 Å². The molecule has 0 atom stereocenters. The third-order valence-corrected chi connectivity index (χ3v) is 5.06. The van der Waals surface area contributed by atoms with Crippen molar-refractivity contribution in [1.29, 1.82) is 0 Å². The molecule has 1 N–H and O–H groups in total. The summed E-state index contributed by atoms with van der Waals surface area (Å²) in [4.78, 5) is 35.4. The molecule has 0 saturated heterocycles. The first kappa shape index (κ1) is 20.2. The molecule has 0 bridgehead atoms. The van der Waals surface area contributed by atoms with Crippen LogP contribution in [0.3, 0.4) is 0 Å². The van der Waals surface area contributed by atoms with E-state index in [0.29, 0.717) is 10.6 Å². The molecule has 0 fully saturated rings. The van der Waals surface area contributed by atoms with Crippen molar-refractivity contribution < 1.29 is 19.2 Å². The first-order valence-corrected chi connectivity index (χ1v) is 9.70. The Kier molecular flexibility index (Phi) is 6.04. The van der Waals surface area contributed by atoms with Crippen LogP contribution in [-0.4, -0.2) is 23.4 Å². The normalized spacial score (nSPS) is 10.4. The maximum absolute atomic E-state index is 12.6. The molecule has 3 rings (SSSR count). The van der Waals surface area contributed by atoms with Crippen LogP contribution in [0.1, 0.15) is 33.2 Å². The van der Waals surface area contributed by atoms with Gasteiger partial charge in [0.15, 0.2) is 0 Å². The molecular weight excluding hydrogens is 392 g/mol. The van der Waals surface area contributed by atoms with Crippen LogP contribution in [0.15, 0.2) is 53.9 Å². The number of amides is 1. The number of carbonyl (C=O) groups excluding carboxylic acids is 2. The summed E-state index contributed by atoms with van der Waals surface area (Å²) in [6, 6.07) is 12.9. The number of nitrogens with zero attached hydrogens (tertiary/aromatic N) is 1. The number of nitrogens with one attached hydrogen (secondary N) is 1. The maximum Gasteiger partial charge on any atom is 0.341 e. The van der Waals surface area contributed by atoms with Gasteiger partial charge in [-0.1, -0.05) is 29.8 Å². The molecule has 0 unspecified atom stereocenters. The Labute approximate surface area is 171 Å². The molecular formula is C21H18N2O5S. The van der Waals surface area contributed by atoms with E-state index >= 15 is 0 Å². The van der Waals surface area contributed by atoms with Gasteiger partial charge in [-0.3, -0.25) is 14.9 Å². The fourth-order valence-corrected chi connectivity index (χ4v) is 3.74. The second kappa shape index (κ2) is 8.66. The van der Waals surface area contributed by atoms with Crippen molar-refractivity contribution in [3.63, 3.8) is 0 Å². The van der Waals surface area contributed by atoms with Crippen molar-refractivity contribution in [1.82, 2.24) is 0 Å². The van der Waals surface area contributed by atoms with E-state index in [1.165, 1.54) is 35.6 Å². The van der Waals surface area contributed by atoms with Gasteiger partial charge in [-0.05, 0) is 31.5 Å². The molecule has 0 radical (unpaired) electrons. The zero-order valence-electron chi connectivity index (χ0n) is 15.8. The average Bonchev–Trinajstić information content (AvgIpc) is 3.12. The molecule has 1 aromatic heterocycles. The van der Waals surface area contributed by atoms with Gasteiger partial charge in [0.1, 0.15) is 10.6 Å². The topological polar surface area (TPSA) is 98.5 Å². The number of non-ortho nitro benzene ring substituents is 1. The predicted molar refractivity (Wildman–Crippen MR) is 111 cm³/mol. The van der Waals surface area contributed by atoms with Crippen LogP contribution < -0.4 is 5.32 Å². The van der Waals surface area contributed by atoms with Crippen LogP contribution in [0, 0.1) is 17.0 Å². The van der Waals surface area contributed by atoms with Crippen LogP contribution in [0.2, 0.25) is 0 Å². The number of aryl methyl sites for hydroxylation is 1. The Morgan fingerprint density at radius 2 is 1.90 bits per heavy atom. The molecule has 0 saturated carbocycles. The summed E-state index contributed by atoms with van der Waals surface area (Å²) in [7, 11) is 0. The summed E-state index contributed by atoms with van der Waals surface area (Å²) < 4.78 is 5.19. The quantitative estimate of drug-likeness (QED) is 0.348. The SMILES string of the molecule is CCOC(=O)c1c(-c2cccc(C)c2)csc1NC(=O)c1ccc([N+](=O)[O-])cc1. The van der Waals surface area contributed by atoms with Crippen molar-refractivity contribution >= 4 is 33.9 Å². The molecule has 0 aliphatic carbocycles. The van der Waals surface area contributed by atoms with Gasteiger partial charge >= 0.3 is 5.97 Å². The lowest BCUT2D eigenvalue weighted by Crippen LogP contribution is -2.14. The minimum absolute atomic E-state index is 0.105. The smallest absolute Gasteiger partial charge is 0.341 e. The summed E-state index contributed by atoms with van der Waals surface area (Å²) in [5.74, 6) is -0.993. The number of nitro benzene ring substituents is 1. The second-order valence-corrected chi connectivity index (χ2v) is 7.08. The lowest BCUT2D eigenvalue weighted by Gasteiger charge is -2.09. The number of nitro groups is 1. The molecule has 0 aliphatic rings. The maximum atomic E-state index is 12.6. The monoisotopic (exact) mass is 410 g/mol. The molecule has 1 heterocycles. The van der Waals surface area contributed by atoms with E-state index in [9.17, 15) is 19.7 Å². The summed E-state index contributed by atoms with van der Waals surface area (Å²) in [6.45, 7) is 3.88. The van der Waals surface area contributed by atoms with E-state index in [4.69, 9.17) is 4.74 Å². The van der Waals surface area contributed by atoms with Crippen molar-refractivity contribution in [2.45, 2.75) is 13.8 Å². The molecule has 29 heavy (non-hydrogen) atoms. The van der Waals surface area contributed by atoms with E-state index in [0.717, 1.165) is 11.1 Å². The highest BCUT2D eigenvalue weighted by molar-refractivity contribution is 7.15. The third kappa shape index (κ3) is 4.49. The standard InChI is InChI=1S/C21H18N2O5S/c1-3-28-21(25)18-17(15-6-4-5-13(2)11-15)12-29-20(18)22-19(24)14-7-9-16(10-8-14)23(26)27/h4-12H,3H2,1-2H3,(H,22,24). The second-order valence-electron chi connectivity index (χ2n) is 6.20. The summed E-state index contributed by atoms with van der Waals surface area (Å²) >= 11 is 1.22. The van der Waals surface area contributed by atoms with E-state index in [1.54, 1.807) is 12.3 Å². The predicted octanol–water partition coefficient (Wildman–Crippen LogP) is 5.06. The Morgan fingerprint density at radius 3 is 2.52 bits per heavy atom. The Morgan fingerprint density at radius 1 is 1.17 bits per heavy atom. The Hall–Kier alpha value is -3.52. The molecule has 2 aromatic carbocycles. The Bertz CT molecular complexity index is 1070. The number of benzene rings is 2. The lowest BCUT2D eigenvalue weighted by atomic mass is 10.0. The highest BCUT2D eigenvalue weighted by atomic mass is 32.1. The average molecular weight is 410 g/mol. The van der Waals surface area contributed by atoms with Gasteiger partial charge in [-0.25, -0.2) is 4.79 Å². The van der Waals surface area contributed by atoms with Crippen molar-refractivity contribution in [2.24, 2.45) is 0 Å². The fraction of sp³-hybridized carbons (Fsp3) is 0.143. The van der Waals surface area contributed by atoms with E-state index in [1.807, 2.05) is 31.2 Å². The van der Waals surface area contributed by atoms with Crippen molar-refractivity contribution in [3.8, 4) is 11.1 Å². The number of thiophene rings is 1. The third-order valence-electron chi connectivity index (χ3n) is 4.17. The number of ether oxygens (including phenoxy) is 1. The van der Waals surface area contributed by atoms with Crippen LogP contribution in [0.4, 0.5) is 10.7 Å². The lowest BCUT2D eigenvalue weighted by molar-refractivity contribution is -0.384. The largest absolute Gasteiger partial charge is 0.462 e. The summed E-state index contributed by atoms with van der Waals surface area (Å²) in [6.07, 6.45) is 0. The van der Waals surface area contributed by atoms with Gasteiger partial charge < -0.3 is 10.1 Å². The van der Waals surface area contributed by atoms with Gasteiger partial charge in [-0.2, -0.15) is 0 Å². The Balaban J connectivity index is 1.95. The molecule has 7 nitrogen and oxygen atoms in total. The van der Waals surface area contributed by atoms with E-state index < -0.39 is 16.8 Å². The van der Waals surface area contributed by atoms with Gasteiger partial charge in [0.05, 0.1) is 11.5 Å². The summed E-state index contributed by atoms with van der Waals surface area (Å²) in [5, 5.41) is 15.7. The van der Waals surface area contributed by atoms with Crippen LogP contribution in [-0.2, 0) is 4.74 Å². The number of carbonyl (C=O) groups is 2. The molecule has 1 amide bonds. The van der Waals surface area contributed by atoms with Gasteiger partial charge in [0.2, 0.25) is 0 Å². The van der Waals surface area contributed by atoms with Crippen molar-refractivity contribution in [2.75, 3.05) is 11.9 Å². The van der Waals surface area contributed by atoms with Crippen LogP contribution >= 0.6 is 11.3 Å². The van der Waals surface area contributed by atoms with Gasteiger partial charge in [-0.15, -0.1) is 11.3 Å². The van der Waals surface area contributed by atoms with E-state index in [2.05, 4.69) is 5.32 Å². The highest BCUT2D eigenvalue weighted by Gasteiger charge is 2.23. The number of rotatable bonds is 6. The number of esters is 1. The molecule has 3 aromatic rings. The van der Waals surface area contributed by atoms with E-state index in [-0.39, 0.29) is 23.4 Å². The molecule has 148 valence electrons. The fourth-order valence-electron chi connectivity index (χ4n) is 2.79. The van der Waals surface area contributed by atoms with Gasteiger partial charge in [0, 0.05) is 28.6 Å². The van der Waals surface area contributed by atoms with Crippen LogP contribution in [0.25, 0.3) is 11.1 Å². The first-order chi connectivity index (χ1) is 13.9. The number of hydrogen-bond acceptors (Lipinski definition) is 6. The minimum Gasteiger partial charge on any atom is -0.462 e. The minimum atomic E-state index is -0.534. The molecule has 0 aliphatic heterocycles.